The van der Waals surface area contributed by atoms with E-state index in [1.165, 1.54) is 0 Å². The normalized spacial score (nSPS) is 39.1. The van der Waals surface area contributed by atoms with E-state index >= 15 is 0 Å². The predicted octanol–water partition coefficient (Wildman–Crippen LogP) is 2.31. The van der Waals surface area contributed by atoms with Crippen LogP contribution in [-0.4, -0.2) is 28.0 Å². The first kappa shape index (κ1) is 11.5. The van der Waals surface area contributed by atoms with E-state index in [-0.39, 0.29) is 11.8 Å². The number of halogens is 1. The summed E-state index contributed by atoms with van der Waals surface area (Å²) < 4.78 is 5.81. The number of carbonyl (C=O) groups excluding carboxylic acids is 1. The van der Waals surface area contributed by atoms with Crippen LogP contribution in [0.5, 0.6) is 0 Å². The predicted molar refractivity (Wildman–Crippen MR) is 71.5 cm³/mol. The van der Waals surface area contributed by atoms with E-state index in [4.69, 9.17) is 16.3 Å². The molecule has 3 heterocycles. The maximum Gasteiger partial charge on any atom is 0.259 e. The highest BCUT2D eigenvalue weighted by Gasteiger charge is 2.66. The van der Waals surface area contributed by atoms with Gasteiger partial charge >= 0.3 is 0 Å². The fourth-order valence-electron chi connectivity index (χ4n) is 3.44. The van der Waals surface area contributed by atoms with Crippen molar-refractivity contribution in [1.29, 1.82) is 0 Å². The number of carbonyl (C=O) groups is 1. The number of ether oxygens (including phenoxy) is 1. The molecule has 19 heavy (non-hydrogen) atoms. The summed E-state index contributed by atoms with van der Waals surface area (Å²) in [4.78, 5) is 14.5. The van der Waals surface area contributed by atoms with Crippen molar-refractivity contribution in [1.82, 2.24) is 4.90 Å². The van der Waals surface area contributed by atoms with Crippen LogP contribution in [0.15, 0.2) is 42.5 Å². The zero-order valence-corrected chi connectivity index (χ0v) is 11.1. The Kier molecular flexibility index (Phi) is 2.19. The SMILES string of the molecule is O=C1N(Cc2ccccc2)C[C@H]2C[C@]3(Cl)C=C[C@]12O3. The van der Waals surface area contributed by atoms with Crippen LogP contribution in [0.1, 0.15) is 12.0 Å². The van der Waals surface area contributed by atoms with Gasteiger partial charge in [0.2, 0.25) is 0 Å². The zero-order chi connectivity index (χ0) is 13.1. The first-order valence-electron chi connectivity index (χ1n) is 6.54. The van der Waals surface area contributed by atoms with Gasteiger partial charge in [-0.3, -0.25) is 4.79 Å². The molecule has 1 spiro atoms. The molecular formula is C15H14ClNO2. The molecule has 0 aliphatic carbocycles. The lowest BCUT2D eigenvalue weighted by molar-refractivity contribution is -0.143. The number of amides is 1. The van der Waals surface area contributed by atoms with Crippen molar-refractivity contribution in [3.8, 4) is 0 Å². The largest absolute Gasteiger partial charge is 0.335 e. The molecule has 0 N–H and O–H groups in total. The Morgan fingerprint density at radius 1 is 1.32 bits per heavy atom. The molecule has 1 amide bonds. The quantitative estimate of drug-likeness (QED) is 0.612. The molecule has 2 fully saturated rings. The number of likely N-dealkylation sites (tertiary alicyclic amines) is 1. The maximum absolute atomic E-state index is 12.6. The molecule has 3 aliphatic rings. The third-order valence-electron chi connectivity index (χ3n) is 4.33. The maximum atomic E-state index is 12.6. The summed E-state index contributed by atoms with van der Waals surface area (Å²) in [5, 5.41) is -0.737. The third-order valence-corrected chi connectivity index (χ3v) is 4.69. The van der Waals surface area contributed by atoms with Crippen molar-refractivity contribution >= 4 is 17.5 Å². The molecule has 1 aromatic rings. The number of fused-ring (bicyclic) bond motifs is 1. The second-order valence-corrected chi connectivity index (χ2v) is 6.23. The molecule has 3 nitrogen and oxygen atoms in total. The van der Waals surface area contributed by atoms with Crippen LogP contribution in [0.3, 0.4) is 0 Å². The van der Waals surface area contributed by atoms with Crippen molar-refractivity contribution < 1.29 is 9.53 Å². The van der Waals surface area contributed by atoms with Gasteiger partial charge in [-0.05, 0) is 17.7 Å². The van der Waals surface area contributed by atoms with Gasteiger partial charge in [-0.15, -0.1) is 0 Å². The number of hydrogen-bond donors (Lipinski definition) is 0. The molecule has 3 atom stereocenters. The fourth-order valence-corrected chi connectivity index (χ4v) is 3.82. The monoisotopic (exact) mass is 275 g/mol. The Morgan fingerprint density at radius 2 is 2.11 bits per heavy atom. The van der Waals surface area contributed by atoms with Gasteiger partial charge in [-0.2, -0.15) is 0 Å². The smallest absolute Gasteiger partial charge is 0.259 e. The first-order chi connectivity index (χ1) is 9.11. The van der Waals surface area contributed by atoms with Gasteiger partial charge in [0.05, 0.1) is 0 Å². The van der Waals surface area contributed by atoms with E-state index in [0.717, 1.165) is 18.5 Å². The molecule has 4 rings (SSSR count). The number of benzene rings is 1. The molecule has 0 radical (unpaired) electrons. The summed E-state index contributed by atoms with van der Waals surface area (Å²) in [7, 11) is 0. The van der Waals surface area contributed by atoms with Gasteiger partial charge in [-0.1, -0.05) is 41.9 Å². The number of nitrogens with zero attached hydrogens (tertiary/aromatic N) is 1. The Balaban J connectivity index is 1.60. The Morgan fingerprint density at radius 3 is 2.79 bits per heavy atom. The van der Waals surface area contributed by atoms with E-state index < -0.39 is 10.7 Å². The molecule has 3 aliphatic heterocycles. The summed E-state index contributed by atoms with van der Waals surface area (Å²) in [6, 6.07) is 10.0. The average molecular weight is 276 g/mol. The standard InChI is InChI=1S/C15H14ClNO2/c16-14-6-7-15(19-14)12(8-14)10-17(13(15)18)9-11-4-2-1-3-5-11/h1-7,12H,8-10H2/t12-,14+,15-/m1/s1. The summed E-state index contributed by atoms with van der Waals surface area (Å²) in [6.45, 7) is 1.37. The second-order valence-electron chi connectivity index (χ2n) is 5.59. The van der Waals surface area contributed by atoms with Gasteiger partial charge in [0, 0.05) is 25.4 Å². The minimum Gasteiger partial charge on any atom is -0.335 e. The molecule has 1 aromatic carbocycles. The second kappa shape index (κ2) is 3.62. The van der Waals surface area contributed by atoms with Gasteiger partial charge in [0.25, 0.3) is 5.91 Å². The summed E-state index contributed by atoms with van der Waals surface area (Å²) in [5.41, 5.74) is 0.364. The summed E-state index contributed by atoms with van der Waals surface area (Å²) in [5.74, 6) is 0.240. The molecule has 0 saturated carbocycles. The Hall–Kier alpha value is -1.32. The number of hydrogen-bond acceptors (Lipinski definition) is 2. The minimum absolute atomic E-state index is 0.0534. The van der Waals surface area contributed by atoms with Crippen molar-refractivity contribution in [2.24, 2.45) is 5.92 Å². The summed E-state index contributed by atoms with van der Waals surface area (Å²) >= 11 is 6.29. The van der Waals surface area contributed by atoms with Crippen molar-refractivity contribution in [2.45, 2.75) is 23.6 Å². The number of rotatable bonds is 2. The van der Waals surface area contributed by atoms with Gasteiger partial charge in [0.1, 0.15) is 0 Å². The van der Waals surface area contributed by atoms with E-state index in [0.29, 0.717) is 6.54 Å². The van der Waals surface area contributed by atoms with Crippen LogP contribution in [0.25, 0.3) is 0 Å². The van der Waals surface area contributed by atoms with E-state index in [1.807, 2.05) is 47.4 Å². The molecule has 2 bridgehead atoms. The third kappa shape index (κ3) is 1.52. The van der Waals surface area contributed by atoms with Crippen LogP contribution in [-0.2, 0) is 16.1 Å². The van der Waals surface area contributed by atoms with Crippen molar-refractivity contribution in [2.75, 3.05) is 6.54 Å². The van der Waals surface area contributed by atoms with Gasteiger partial charge in [-0.25, -0.2) is 0 Å². The highest BCUT2D eigenvalue weighted by molar-refractivity contribution is 6.25. The highest BCUT2D eigenvalue weighted by Crippen LogP contribution is 2.55. The molecule has 0 unspecified atom stereocenters. The fraction of sp³-hybridized carbons (Fsp3) is 0.400. The van der Waals surface area contributed by atoms with E-state index in [2.05, 4.69) is 0 Å². The van der Waals surface area contributed by atoms with Crippen LogP contribution >= 0.6 is 11.6 Å². The van der Waals surface area contributed by atoms with Crippen molar-refractivity contribution in [3.63, 3.8) is 0 Å². The van der Waals surface area contributed by atoms with Crippen LogP contribution in [0.2, 0.25) is 0 Å². The molecule has 98 valence electrons. The van der Waals surface area contributed by atoms with Crippen LogP contribution < -0.4 is 0 Å². The topological polar surface area (TPSA) is 29.5 Å². The minimum atomic E-state index is -0.781. The van der Waals surface area contributed by atoms with Gasteiger partial charge in [0.15, 0.2) is 10.7 Å². The van der Waals surface area contributed by atoms with Gasteiger partial charge < -0.3 is 9.64 Å². The van der Waals surface area contributed by atoms with Crippen LogP contribution in [0.4, 0.5) is 0 Å². The van der Waals surface area contributed by atoms with E-state index in [9.17, 15) is 4.79 Å². The Labute approximate surface area is 116 Å². The lowest BCUT2D eigenvalue weighted by Gasteiger charge is -2.22. The van der Waals surface area contributed by atoms with Crippen molar-refractivity contribution in [3.05, 3.63) is 48.0 Å². The molecule has 4 heteroatoms. The molecule has 0 aromatic heterocycles. The van der Waals surface area contributed by atoms with Crippen LogP contribution in [0, 0.1) is 5.92 Å². The highest BCUT2D eigenvalue weighted by atomic mass is 35.5. The lowest BCUT2D eigenvalue weighted by Crippen LogP contribution is -2.39. The van der Waals surface area contributed by atoms with E-state index in [1.54, 1.807) is 0 Å². The Bertz CT molecular complexity index is 573. The average Bonchev–Trinajstić information content (AvgIpc) is 2.97. The number of alkyl halides is 1. The summed E-state index contributed by atoms with van der Waals surface area (Å²) in [6.07, 6.45) is 4.42. The first-order valence-corrected chi connectivity index (χ1v) is 6.92. The zero-order valence-electron chi connectivity index (χ0n) is 10.4. The lowest BCUT2D eigenvalue weighted by atomic mass is 9.85. The molecule has 2 saturated heterocycles. The molecular weight excluding hydrogens is 262 g/mol.